The lowest BCUT2D eigenvalue weighted by atomic mass is 10.1. The lowest BCUT2D eigenvalue weighted by Crippen LogP contribution is -2.27. The number of nitrogens with zero attached hydrogens (tertiary/aromatic N) is 1. The van der Waals surface area contributed by atoms with Crippen LogP contribution in [0.1, 0.15) is 63.5 Å². The third kappa shape index (κ3) is 6.67. The van der Waals surface area contributed by atoms with Crippen LogP contribution in [0.25, 0.3) is 0 Å². The number of nitrogens with two attached hydrogens (primary N) is 1. The van der Waals surface area contributed by atoms with Crippen molar-refractivity contribution in [3.05, 3.63) is 29.8 Å². The molecule has 25 heavy (non-hydrogen) atoms. The van der Waals surface area contributed by atoms with E-state index in [1.54, 1.807) is 0 Å². The van der Waals surface area contributed by atoms with Crippen LogP contribution in [0.3, 0.4) is 0 Å². The average molecular weight is 368 g/mol. The van der Waals surface area contributed by atoms with Crippen molar-refractivity contribution in [3.63, 3.8) is 0 Å². The van der Waals surface area contributed by atoms with E-state index in [4.69, 9.17) is 5.73 Å². The summed E-state index contributed by atoms with van der Waals surface area (Å²) >= 11 is 0. The van der Waals surface area contributed by atoms with Crippen molar-refractivity contribution in [2.24, 2.45) is 5.73 Å². The largest absolute Gasteiger partial charge is 0.350 e. The summed E-state index contributed by atoms with van der Waals surface area (Å²) < 4.78 is 0. The Balaban J connectivity index is 0.00000312. The van der Waals surface area contributed by atoms with E-state index >= 15 is 0 Å². The Kier molecular flexibility index (Phi) is 9.53. The van der Waals surface area contributed by atoms with Crippen LogP contribution in [-0.2, 0) is 9.59 Å². The van der Waals surface area contributed by atoms with Gasteiger partial charge in [0.05, 0.1) is 6.04 Å². The summed E-state index contributed by atoms with van der Waals surface area (Å²) in [6.45, 7) is 3.49. The number of carbonyl (C=O) groups excluding carboxylic acids is 2. The van der Waals surface area contributed by atoms with Crippen LogP contribution < -0.4 is 16.0 Å². The van der Waals surface area contributed by atoms with Gasteiger partial charge in [0.2, 0.25) is 11.8 Å². The molecule has 6 heteroatoms. The van der Waals surface area contributed by atoms with Crippen molar-refractivity contribution >= 4 is 29.9 Å². The van der Waals surface area contributed by atoms with Gasteiger partial charge in [0.15, 0.2) is 0 Å². The van der Waals surface area contributed by atoms with Gasteiger partial charge >= 0.3 is 0 Å². The van der Waals surface area contributed by atoms with Crippen molar-refractivity contribution in [2.45, 2.75) is 57.9 Å². The summed E-state index contributed by atoms with van der Waals surface area (Å²) in [5.41, 5.74) is 7.42. The number of amides is 2. The zero-order valence-electron chi connectivity index (χ0n) is 15.0. The van der Waals surface area contributed by atoms with E-state index in [1.165, 1.54) is 0 Å². The maximum absolute atomic E-state index is 12.1. The Labute approximate surface area is 156 Å². The smallest absolute Gasteiger partial charge is 0.227 e. The number of unbranched alkanes of at least 4 members (excludes halogenated alkanes) is 3. The molecule has 1 aromatic carbocycles. The summed E-state index contributed by atoms with van der Waals surface area (Å²) in [6, 6.07) is 7.86. The fourth-order valence-corrected chi connectivity index (χ4v) is 3.06. The zero-order valence-corrected chi connectivity index (χ0v) is 15.8. The molecule has 1 heterocycles. The van der Waals surface area contributed by atoms with E-state index in [9.17, 15) is 9.59 Å². The molecule has 1 fully saturated rings. The van der Waals surface area contributed by atoms with Crippen molar-refractivity contribution in [1.29, 1.82) is 0 Å². The second-order valence-electron chi connectivity index (χ2n) is 6.49. The molecule has 1 aromatic rings. The number of benzene rings is 1. The zero-order chi connectivity index (χ0) is 17.4. The number of hydrogen-bond acceptors (Lipinski definition) is 3. The predicted molar refractivity (Wildman–Crippen MR) is 104 cm³/mol. The van der Waals surface area contributed by atoms with Crippen LogP contribution >= 0.6 is 12.4 Å². The number of carbonyl (C=O) groups is 2. The summed E-state index contributed by atoms with van der Waals surface area (Å²) in [5.74, 6) is 0.263. The van der Waals surface area contributed by atoms with E-state index in [0.717, 1.165) is 56.4 Å². The van der Waals surface area contributed by atoms with Crippen LogP contribution in [0.2, 0.25) is 0 Å². The number of anilines is 1. The van der Waals surface area contributed by atoms with Crippen molar-refractivity contribution < 1.29 is 9.59 Å². The van der Waals surface area contributed by atoms with Crippen LogP contribution in [0.4, 0.5) is 5.69 Å². The molecule has 1 aliphatic rings. The van der Waals surface area contributed by atoms with E-state index in [2.05, 4.69) is 5.32 Å². The van der Waals surface area contributed by atoms with Gasteiger partial charge in [-0.05, 0) is 50.4 Å². The van der Waals surface area contributed by atoms with E-state index in [0.29, 0.717) is 12.8 Å². The molecule has 140 valence electrons. The third-order valence-corrected chi connectivity index (χ3v) is 4.49. The molecule has 0 aromatic heterocycles. The molecule has 5 nitrogen and oxygen atoms in total. The lowest BCUT2D eigenvalue weighted by molar-refractivity contribution is -0.122. The van der Waals surface area contributed by atoms with E-state index in [1.807, 2.05) is 36.1 Å². The van der Waals surface area contributed by atoms with Gasteiger partial charge in [-0.25, -0.2) is 0 Å². The quantitative estimate of drug-likeness (QED) is 0.657. The van der Waals surface area contributed by atoms with Crippen molar-refractivity contribution in [3.8, 4) is 0 Å². The molecule has 0 aliphatic carbocycles. The Morgan fingerprint density at radius 1 is 1.28 bits per heavy atom. The minimum atomic E-state index is -0.0563. The highest BCUT2D eigenvalue weighted by Gasteiger charge is 2.22. The van der Waals surface area contributed by atoms with Gasteiger partial charge in [-0.1, -0.05) is 25.0 Å². The molecule has 1 aliphatic heterocycles. The SMILES string of the molecule is CC(NC(=O)CCCCCCN)c1cccc(N2CCCC2=O)c1.Cl. The van der Waals surface area contributed by atoms with Crippen LogP contribution in [0.15, 0.2) is 24.3 Å². The van der Waals surface area contributed by atoms with Crippen molar-refractivity contribution in [2.75, 3.05) is 18.0 Å². The van der Waals surface area contributed by atoms with Gasteiger partial charge in [-0.3, -0.25) is 9.59 Å². The molecule has 2 amide bonds. The molecule has 1 saturated heterocycles. The van der Waals surface area contributed by atoms with Gasteiger partial charge in [-0.2, -0.15) is 0 Å². The third-order valence-electron chi connectivity index (χ3n) is 4.49. The lowest BCUT2D eigenvalue weighted by Gasteiger charge is -2.19. The molecule has 1 atom stereocenters. The van der Waals surface area contributed by atoms with Gasteiger partial charge in [0.25, 0.3) is 0 Å². The first-order valence-electron chi connectivity index (χ1n) is 9.01. The van der Waals surface area contributed by atoms with E-state index < -0.39 is 0 Å². The fourth-order valence-electron chi connectivity index (χ4n) is 3.06. The van der Waals surface area contributed by atoms with Crippen molar-refractivity contribution in [1.82, 2.24) is 5.32 Å². The highest BCUT2D eigenvalue weighted by Crippen LogP contribution is 2.24. The second-order valence-corrected chi connectivity index (χ2v) is 6.49. The molecule has 2 rings (SSSR count). The summed E-state index contributed by atoms with van der Waals surface area (Å²) in [6.07, 6.45) is 6.16. The molecular weight excluding hydrogens is 338 g/mol. The predicted octanol–water partition coefficient (Wildman–Crippen LogP) is 3.32. The molecule has 0 saturated carbocycles. The Hall–Kier alpha value is -1.59. The highest BCUT2D eigenvalue weighted by atomic mass is 35.5. The second kappa shape index (κ2) is 11.1. The molecule has 0 bridgehead atoms. The number of rotatable bonds is 9. The Morgan fingerprint density at radius 2 is 2.04 bits per heavy atom. The van der Waals surface area contributed by atoms with Crippen LogP contribution in [0, 0.1) is 0 Å². The minimum absolute atomic E-state index is 0. The summed E-state index contributed by atoms with van der Waals surface area (Å²) in [5, 5.41) is 3.05. The maximum atomic E-state index is 12.1. The van der Waals surface area contributed by atoms with Gasteiger partial charge in [0, 0.05) is 25.1 Å². The van der Waals surface area contributed by atoms with Gasteiger partial charge in [0.1, 0.15) is 0 Å². The summed E-state index contributed by atoms with van der Waals surface area (Å²) in [7, 11) is 0. The fraction of sp³-hybridized carbons (Fsp3) is 0.579. The Morgan fingerprint density at radius 3 is 2.72 bits per heavy atom. The first kappa shape index (κ1) is 21.5. The first-order chi connectivity index (χ1) is 11.6. The monoisotopic (exact) mass is 367 g/mol. The molecule has 0 radical (unpaired) electrons. The van der Waals surface area contributed by atoms with Crippen LogP contribution in [0.5, 0.6) is 0 Å². The Bertz CT molecular complexity index is 565. The standard InChI is InChI=1S/C19H29N3O2.ClH/c1-15(21-18(23)10-4-2-3-5-12-20)16-8-6-9-17(14-16)22-13-7-11-19(22)24;/h6,8-9,14-15H,2-5,7,10-13,20H2,1H3,(H,21,23);1H. The number of nitrogens with one attached hydrogen (secondary N) is 1. The number of hydrogen-bond donors (Lipinski definition) is 2. The van der Waals surface area contributed by atoms with Gasteiger partial charge < -0.3 is 16.0 Å². The number of halogens is 1. The van der Waals surface area contributed by atoms with Crippen LogP contribution in [-0.4, -0.2) is 24.9 Å². The average Bonchev–Trinajstić information content (AvgIpc) is 3.01. The topological polar surface area (TPSA) is 75.4 Å². The molecular formula is C19H30ClN3O2. The molecule has 3 N–H and O–H groups in total. The van der Waals surface area contributed by atoms with E-state index in [-0.39, 0.29) is 30.3 Å². The summed E-state index contributed by atoms with van der Waals surface area (Å²) in [4.78, 5) is 25.8. The normalized spacial score (nSPS) is 15.0. The highest BCUT2D eigenvalue weighted by molar-refractivity contribution is 5.95. The minimum Gasteiger partial charge on any atom is -0.350 e. The molecule has 1 unspecified atom stereocenters. The first-order valence-corrected chi connectivity index (χ1v) is 9.01. The maximum Gasteiger partial charge on any atom is 0.227 e. The van der Waals surface area contributed by atoms with Gasteiger partial charge in [-0.15, -0.1) is 12.4 Å². The molecule has 0 spiro atoms.